The molecule has 0 aliphatic heterocycles. The maximum Gasteiger partial charge on any atom is 0.337 e. The normalized spacial score (nSPS) is 12.0. The van der Waals surface area contributed by atoms with Crippen molar-refractivity contribution in [2.45, 2.75) is 19.9 Å². The van der Waals surface area contributed by atoms with Gasteiger partial charge in [-0.1, -0.05) is 18.2 Å². The molecule has 7 heteroatoms. The number of carbonyl (C=O) groups is 1. The zero-order chi connectivity index (χ0) is 23.0. The smallest absolute Gasteiger partial charge is 0.337 e. The van der Waals surface area contributed by atoms with E-state index in [1.807, 2.05) is 13.0 Å². The first kappa shape index (κ1) is 21.2. The van der Waals surface area contributed by atoms with Gasteiger partial charge in [-0.2, -0.15) is 0 Å². The van der Waals surface area contributed by atoms with Gasteiger partial charge in [-0.05, 0) is 49.7 Å². The van der Waals surface area contributed by atoms with Crippen LogP contribution in [-0.2, 0) is 0 Å². The van der Waals surface area contributed by atoms with E-state index in [1.54, 1.807) is 31.2 Å². The first-order valence-corrected chi connectivity index (χ1v) is 9.86. The van der Waals surface area contributed by atoms with Crippen molar-refractivity contribution in [1.82, 2.24) is 0 Å². The highest BCUT2D eigenvalue weighted by atomic mass is 19.1. The summed E-state index contributed by atoms with van der Waals surface area (Å²) < 4.78 is 33.4. The molecule has 0 aliphatic rings. The number of halogens is 2. The molecule has 0 aliphatic carbocycles. The number of hydrogen-bond acceptors (Lipinski definition) is 4. The van der Waals surface area contributed by atoms with Crippen molar-refractivity contribution in [3.05, 3.63) is 99.2 Å². The van der Waals surface area contributed by atoms with Gasteiger partial charge in [0, 0.05) is 28.9 Å². The molecule has 5 nitrogen and oxygen atoms in total. The molecule has 0 saturated heterocycles. The van der Waals surface area contributed by atoms with E-state index < -0.39 is 23.6 Å². The van der Waals surface area contributed by atoms with Crippen LogP contribution in [0.1, 0.15) is 34.5 Å². The SMILES string of the molecule is Cc1cc(C(C)Nc2ccccc2C(=O)O)c2oc(-c3cc(F)cc(F)c3)cc(=O)c2c1. The Hall–Kier alpha value is -4.00. The number of carboxylic acids is 1. The third kappa shape index (κ3) is 4.09. The molecule has 0 saturated carbocycles. The van der Waals surface area contributed by atoms with Gasteiger partial charge in [0.2, 0.25) is 0 Å². The number of carboxylic acid groups (broad SMARTS) is 1. The summed E-state index contributed by atoms with van der Waals surface area (Å²) >= 11 is 0. The minimum absolute atomic E-state index is 0.0316. The number of fused-ring (bicyclic) bond motifs is 1. The highest BCUT2D eigenvalue weighted by molar-refractivity contribution is 5.94. The van der Waals surface area contributed by atoms with Gasteiger partial charge >= 0.3 is 5.97 Å². The van der Waals surface area contributed by atoms with E-state index in [0.717, 1.165) is 23.8 Å². The number of aryl methyl sites for hydroxylation is 1. The maximum atomic E-state index is 13.7. The molecule has 0 bridgehead atoms. The zero-order valence-electron chi connectivity index (χ0n) is 17.3. The van der Waals surface area contributed by atoms with Crippen molar-refractivity contribution in [1.29, 1.82) is 0 Å². The summed E-state index contributed by atoms with van der Waals surface area (Å²) in [7, 11) is 0. The molecule has 162 valence electrons. The van der Waals surface area contributed by atoms with E-state index in [2.05, 4.69) is 5.32 Å². The molecule has 2 N–H and O–H groups in total. The fourth-order valence-corrected chi connectivity index (χ4v) is 3.70. The predicted octanol–water partition coefficient (Wildman–Crippen LogP) is 5.92. The second-order valence-electron chi connectivity index (χ2n) is 7.58. The molecule has 0 fully saturated rings. The van der Waals surface area contributed by atoms with Crippen LogP contribution in [0.5, 0.6) is 0 Å². The lowest BCUT2D eigenvalue weighted by Crippen LogP contribution is -2.12. The molecular weight excluding hydrogens is 416 g/mol. The highest BCUT2D eigenvalue weighted by Gasteiger charge is 2.18. The topological polar surface area (TPSA) is 79.5 Å². The quantitative estimate of drug-likeness (QED) is 0.407. The van der Waals surface area contributed by atoms with Gasteiger partial charge in [-0.3, -0.25) is 4.79 Å². The third-order valence-electron chi connectivity index (χ3n) is 5.14. The fraction of sp³-hybridized carbons (Fsp3) is 0.120. The third-order valence-corrected chi connectivity index (χ3v) is 5.14. The van der Waals surface area contributed by atoms with Crippen LogP contribution < -0.4 is 10.7 Å². The molecule has 1 heterocycles. The molecule has 1 aromatic heterocycles. The van der Waals surface area contributed by atoms with Gasteiger partial charge in [-0.25, -0.2) is 13.6 Å². The van der Waals surface area contributed by atoms with E-state index in [0.29, 0.717) is 16.6 Å². The van der Waals surface area contributed by atoms with Crippen molar-refractivity contribution < 1.29 is 23.1 Å². The lowest BCUT2D eigenvalue weighted by Gasteiger charge is -2.19. The van der Waals surface area contributed by atoms with Gasteiger partial charge < -0.3 is 14.8 Å². The number of nitrogens with one attached hydrogen (secondary N) is 1. The standard InChI is InChI=1S/C25H19F2NO4/c1-13-7-19(14(2)28-21-6-4-3-5-18(21)25(30)31)24-20(8-13)22(29)12-23(32-24)15-9-16(26)11-17(27)10-15/h3-12,14,28H,1-2H3,(H,30,31). The van der Waals surface area contributed by atoms with Gasteiger partial charge in [0.05, 0.1) is 17.0 Å². The van der Waals surface area contributed by atoms with Crippen molar-refractivity contribution in [2.24, 2.45) is 0 Å². The van der Waals surface area contributed by atoms with Crippen LogP contribution in [0.4, 0.5) is 14.5 Å². The van der Waals surface area contributed by atoms with Gasteiger partial charge in [0.1, 0.15) is 23.0 Å². The van der Waals surface area contributed by atoms with Crippen molar-refractivity contribution in [2.75, 3.05) is 5.32 Å². The van der Waals surface area contributed by atoms with E-state index in [1.165, 1.54) is 12.1 Å². The Kier molecular flexibility index (Phi) is 5.48. The summed E-state index contributed by atoms with van der Waals surface area (Å²) in [6.45, 7) is 3.64. The van der Waals surface area contributed by atoms with Crippen LogP contribution in [0, 0.1) is 18.6 Å². The van der Waals surface area contributed by atoms with Crippen molar-refractivity contribution in [3.8, 4) is 11.3 Å². The Morgan fingerprint density at radius 2 is 1.72 bits per heavy atom. The summed E-state index contributed by atoms with van der Waals surface area (Å²) in [5.74, 6) is -2.61. The number of hydrogen-bond donors (Lipinski definition) is 2. The fourth-order valence-electron chi connectivity index (χ4n) is 3.70. The highest BCUT2D eigenvalue weighted by Crippen LogP contribution is 2.31. The summed E-state index contributed by atoms with van der Waals surface area (Å²) in [6.07, 6.45) is 0. The Morgan fingerprint density at radius 3 is 2.41 bits per heavy atom. The second kappa shape index (κ2) is 8.26. The lowest BCUT2D eigenvalue weighted by molar-refractivity contribution is 0.0698. The monoisotopic (exact) mass is 435 g/mol. The second-order valence-corrected chi connectivity index (χ2v) is 7.58. The van der Waals surface area contributed by atoms with E-state index in [-0.39, 0.29) is 27.9 Å². The number of rotatable bonds is 5. The minimum atomic E-state index is -1.07. The lowest BCUT2D eigenvalue weighted by atomic mass is 10.00. The Morgan fingerprint density at radius 1 is 1.03 bits per heavy atom. The maximum absolute atomic E-state index is 13.7. The van der Waals surface area contributed by atoms with E-state index in [9.17, 15) is 23.5 Å². The van der Waals surface area contributed by atoms with Crippen LogP contribution in [0.2, 0.25) is 0 Å². The molecule has 3 aromatic carbocycles. The first-order chi connectivity index (χ1) is 15.2. The van der Waals surface area contributed by atoms with Crippen molar-refractivity contribution >= 4 is 22.6 Å². The Balaban J connectivity index is 1.86. The van der Waals surface area contributed by atoms with Gasteiger partial charge in [-0.15, -0.1) is 0 Å². The largest absolute Gasteiger partial charge is 0.478 e. The summed E-state index contributed by atoms with van der Waals surface area (Å²) in [4.78, 5) is 24.4. The molecule has 0 amide bonds. The van der Waals surface area contributed by atoms with E-state index in [4.69, 9.17) is 4.42 Å². The van der Waals surface area contributed by atoms with Crippen molar-refractivity contribution in [3.63, 3.8) is 0 Å². The Bertz CT molecular complexity index is 1390. The summed E-state index contributed by atoms with van der Waals surface area (Å²) in [5.41, 5.74) is 1.94. The molecule has 32 heavy (non-hydrogen) atoms. The van der Waals surface area contributed by atoms with Crippen LogP contribution in [0.25, 0.3) is 22.3 Å². The van der Waals surface area contributed by atoms with Crippen LogP contribution in [0.15, 0.2) is 69.9 Å². The minimum Gasteiger partial charge on any atom is -0.478 e. The molecule has 4 rings (SSSR count). The number of benzene rings is 3. The number of aromatic carboxylic acids is 1. The molecule has 1 unspecified atom stereocenters. The summed E-state index contributed by atoms with van der Waals surface area (Å²) in [6, 6.07) is 13.7. The molecule has 1 atom stereocenters. The van der Waals surface area contributed by atoms with Crippen LogP contribution in [-0.4, -0.2) is 11.1 Å². The van der Waals surface area contributed by atoms with E-state index >= 15 is 0 Å². The number of para-hydroxylation sites is 1. The van der Waals surface area contributed by atoms with Crippen LogP contribution >= 0.6 is 0 Å². The average molecular weight is 435 g/mol. The molecule has 0 spiro atoms. The molecule has 0 radical (unpaired) electrons. The molecular formula is C25H19F2NO4. The van der Waals surface area contributed by atoms with Gasteiger partial charge in [0.15, 0.2) is 5.43 Å². The summed E-state index contributed by atoms with van der Waals surface area (Å²) in [5, 5.41) is 12.9. The van der Waals surface area contributed by atoms with Gasteiger partial charge in [0.25, 0.3) is 0 Å². The predicted molar refractivity (Wildman–Crippen MR) is 118 cm³/mol. The Labute approximate surface area is 181 Å². The first-order valence-electron chi connectivity index (χ1n) is 9.86. The number of anilines is 1. The average Bonchev–Trinajstić information content (AvgIpc) is 2.73. The molecule has 4 aromatic rings. The zero-order valence-corrected chi connectivity index (χ0v) is 17.3. The van der Waals surface area contributed by atoms with Crippen LogP contribution in [0.3, 0.4) is 0 Å².